The molecule has 0 spiro atoms. The summed E-state index contributed by atoms with van der Waals surface area (Å²) in [5, 5.41) is 14.2. The van der Waals surface area contributed by atoms with Crippen LogP contribution in [-0.2, 0) is 40.0 Å². The number of nitrogens with one attached hydrogen (secondary N) is 5. The van der Waals surface area contributed by atoms with Crippen LogP contribution >= 0.6 is 0 Å². The fourth-order valence-corrected chi connectivity index (χ4v) is 6.95. The Balaban J connectivity index is 2.04. The summed E-state index contributed by atoms with van der Waals surface area (Å²) in [7, 11) is 0. The molecule has 0 bridgehead atoms. The summed E-state index contributed by atoms with van der Waals surface area (Å²) in [5.74, 6) is -4.25. The first-order valence-corrected chi connectivity index (χ1v) is 19.0. The molecule has 0 aromatic heterocycles. The molecule has 52 heavy (non-hydrogen) atoms. The van der Waals surface area contributed by atoms with Crippen LogP contribution in [0.1, 0.15) is 99.0 Å². The lowest BCUT2D eigenvalue weighted by Gasteiger charge is -2.32. The molecule has 2 fully saturated rings. The van der Waals surface area contributed by atoms with Gasteiger partial charge in [0.2, 0.25) is 35.4 Å². The zero-order chi connectivity index (χ0) is 38.5. The molecule has 13 nitrogen and oxygen atoms in total. The van der Waals surface area contributed by atoms with Crippen molar-refractivity contribution in [2.45, 2.75) is 130 Å². The summed E-state index contributed by atoms with van der Waals surface area (Å²) in [6.07, 6.45) is 2.71. The van der Waals surface area contributed by atoms with Crippen molar-refractivity contribution in [3.05, 3.63) is 35.9 Å². The molecule has 2 heterocycles. The largest absolute Gasteiger partial charge is 0.354 e. The van der Waals surface area contributed by atoms with Crippen molar-refractivity contribution < 1.29 is 33.6 Å². The third kappa shape index (κ3) is 11.6. The molecule has 288 valence electrons. The predicted octanol–water partition coefficient (Wildman–Crippen LogP) is 2.41. The molecule has 1 aromatic rings. The van der Waals surface area contributed by atoms with Gasteiger partial charge in [-0.2, -0.15) is 0 Å². The Morgan fingerprint density at radius 2 is 1.58 bits per heavy atom. The Morgan fingerprint density at radius 3 is 2.19 bits per heavy atom. The van der Waals surface area contributed by atoms with Crippen LogP contribution in [0.4, 0.5) is 0 Å². The lowest BCUT2D eigenvalue weighted by molar-refractivity contribution is -0.142. The van der Waals surface area contributed by atoms with Gasteiger partial charge < -0.3 is 31.5 Å². The second-order valence-corrected chi connectivity index (χ2v) is 14.9. The van der Waals surface area contributed by atoms with Crippen LogP contribution in [0.25, 0.3) is 0 Å². The summed E-state index contributed by atoms with van der Waals surface area (Å²) in [6, 6.07) is 4.54. The quantitative estimate of drug-likeness (QED) is 0.246. The van der Waals surface area contributed by atoms with Gasteiger partial charge in [-0.25, -0.2) is 0 Å². The number of benzene rings is 1. The van der Waals surface area contributed by atoms with Crippen LogP contribution in [0.2, 0.25) is 0 Å². The topological polar surface area (TPSA) is 183 Å². The SMILES string of the molecule is CCC(C)C1CC(=O)C2CCCN2C(=O)C(Cc2ccccc2)NC(=O)C(NC(=O)C(NC(C)=O)C(C)CC)CCCNC(=O)C(C(C)C)NC1=O. The second-order valence-electron chi connectivity index (χ2n) is 14.9. The van der Waals surface area contributed by atoms with Gasteiger partial charge in [-0.3, -0.25) is 33.6 Å². The van der Waals surface area contributed by atoms with Crippen molar-refractivity contribution in [1.82, 2.24) is 31.5 Å². The summed E-state index contributed by atoms with van der Waals surface area (Å²) in [5.41, 5.74) is 0.796. The second kappa shape index (κ2) is 20.1. The molecule has 2 saturated heterocycles. The number of carbonyl (C=O) groups is 7. The van der Waals surface area contributed by atoms with Crippen molar-refractivity contribution >= 4 is 41.2 Å². The van der Waals surface area contributed by atoms with Crippen LogP contribution in [-0.4, -0.2) is 89.4 Å². The van der Waals surface area contributed by atoms with E-state index in [4.69, 9.17) is 0 Å². The summed E-state index contributed by atoms with van der Waals surface area (Å²) >= 11 is 0. The highest BCUT2D eigenvalue weighted by atomic mass is 16.2. The van der Waals surface area contributed by atoms with Gasteiger partial charge in [-0.1, -0.05) is 84.7 Å². The third-order valence-electron chi connectivity index (χ3n) is 10.6. The van der Waals surface area contributed by atoms with Gasteiger partial charge >= 0.3 is 0 Å². The van der Waals surface area contributed by atoms with Crippen molar-refractivity contribution in [1.29, 1.82) is 0 Å². The third-order valence-corrected chi connectivity index (χ3v) is 10.6. The van der Waals surface area contributed by atoms with E-state index < -0.39 is 53.8 Å². The molecule has 2 aliphatic heterocycles. The molecule has 1 aromatic carbocycles. The Bertz CT molecular complexity index is 1420. The normalized spacial score (nSPS) is 25.8. The van der Waals surface area contributed by atoms with E-state index in [1.807, 2.05) is 71.9 Å². The van der Waals surface area contributed by atoms with E-state index in [-0.39, 0.29) is 73.5 Å². The van der Waals surface area contributed by atoms with Crippen molar-refractivity contribution in [3.63, 3.8) is 0 Å². The van der Waals surface area contributed by atoms with Gasteiger partial charge in [-0.05, 0) is 49.0 Å². The maximum absolute atomic E-state index is 14.4. The molecule has 8 unspecified atom stereocenters. The highest BCUT2D eigenvalue weighted by Crippen LogP contribution is 2.27. The van der Waals surface area contributed by atoms with E-state index in [1.165, 1.54) is 11.8 Å². The number of ketones is 1. The molecular formula is C39H60N6O7. The van der Waals surface area contributed by atoms with E-state index in [0.717, 1.165) is 5.56 Å². The molecule has 3 rings (SSSR count). The number of hydrogen-bond acceptors (Lipinski definition) is 7. The minimum Gasteiger partial charge on any atom is -0.354 e. The number of fused-ring (bicyclic) bond motifs is 1. The number of hydrogen-bond donors (Lipinski definition) is 5. The fourth-order valence-electron chi connectivity index (χ4n) is 6.95. The molecule has 8 atom stereocenters. The number of Topliss-reactive ketones (excluding diaryl/α,β-unsaturated/α-hetero) is 1. The number of carbonyl (C=O) groups excluding carboxylic acids is 7. The molecule has 0 saturated carbocycles. The van der Waals surface area contributed by atoms with E-state index in [0.29, 0.717) is 32.2 Å². The lowest BCUT2D eigenvalue weighted by atomic mass is 9.84. The first-order valence-electron chi connectivity index (χ1n) is 19.0. The van der Waals surface area contributed by atoms with E-state index >= 15 is 0 Å². The zero-order valence-electron chi connectivity index (χ0n) is 32.0. The lowest BCUT2D eigenvalue weighted by Crippen LogP contribution is -2.59. The van der Waals surface area contributed by atoms with Crippen LogP contribution in [0.3, 0.4) is 0 Å². The maximum Gasteiger partial charge on any atom is 0.246 e. The number of amides is 6. The molecule has 5 N–H and O–H groups in total. The van der Waals surface area contributed by atoms with Crippen LogP contribution < -0.4 is 26.6 Å². The summed E-state index contributed by atoms with van der Waals surface area (Å²) in [4.78, 5) is 96.8. The maximum atomic E-state index is 14.4. The van der Waals surface area contributed by atoms with Crippen LogP contribution in [0.5, 0.6) is 0 Å². The predicted molar refractivity (Wildman–Crippen MR) is 197 cm³/mol. The standard InChI is InChI=1S/C39H60N6O7/c1-8-24(5)28-22-32(47)31-18-14-20-45(31)39(52)30(21-27-15-11-10-12-16-27)43-36(49)29(42-38(51)34(25(6)9-2)41-26(7)46)17-13-19-40-37(50)33(23(3)4)44-35(28)48/h10-12,15-16,23-25,28-31,33-34H,8-9,13-14,17-22H2,1-7H3,(H,40,50)(H,41,46)(H,42,51)(H,43,49)(H,44,48). The Morgan fingerprint density at radius 1 is 0.885 bits per heavy atom. The highest BCUT2D eigenvalue weighted by Gasteiger charge is 2.41. The van der Waals surface area contributed by atoms with Gasteiger partial charge in [0.1, 0.15) is 24.2 Å². The Kier molecular flexibility index (Phi) is 16.3. The smallest absolute Gasteiger partial charge is 0.246 e. The van der Waals surface area contributed by atoms with Crippen LogP contribution in [0.15, 0.2) is 30.3 Å². The van der Waals surface area contributed by atoms with Crippen molar-refractivity contribution in [2.24, 2.45) is 23.7 Å². The average molecular weight is 725 g/mol. The summed E-state index contributed by atoms with van der Waals surface area (Å²) < 4.78 is 0. The molecule has 2 aliphatic rings. The Hall–Kier alpha value is -4.29. The highest BCUT2D eigenvalue weighted by molar-refractivity contribution is 5.97. The average Bonchev–Trinajstić information content (AvgIpc) is 3.61. The van der Waals surface area contributed by atoms with E-state index in [2.05, 4.69) is 26.6 Å². The number of nitrogens with zero attached hydrogens (tertiary/aromatic N) is 1. The first-order chi connectivity index (χ1) is 24.7. The molecule has 0 radical (unpaired) electrons. The fraction of sp³-hybridized carbons (Fsp3) is 0.667. The van der Waals surface area contributed by atoms with Crippen molar-refractivity contribution in [3.8, 4) is 0 Å². The number of rotatable bonds is 10. The minimum atomic E-state index is -1.11. The monoisotopic (exact) mass is 724 g/mol. The van der Waals surface area contributed by atoms with Gasteiger partial charge in [-0.15, -0.1) is 0 Å². The van der Waals surface area contributed by atoms with Crippen molar-refractivity contribution in [2.75, 3.05) is 13.1 Å². The first kappa shape index (κ1) is 42.1. The van der Waals surface area contributed by atoms with Gasteiger partial charge in [0.25, 0.3) is 0 Å². The Labute approximate surface area is 308 Å². The zero-order valence-corrected chi connectivity index (χ0v) is 32.0. The molecule has 0 aliphatic carbocycles. The molecular weight excluding hydrogens is 664 g/mol. The van der Waals surface area contributed by atoms with Crippen LogP contribution in [0, 0.1) is 23.7 Å². The van der Waals surface area contributed by atoms with E-state index in [1.54, 1.807) is 0 Å². The van der Waals surface area contributed by atoms with Gasteiger partial charge in [0.15, 0.2) is 5.78 Å². The van der Waals surface area contributed by atoms with Gasteiger partial charge in [0.05, 0.1) is 6.04 Å². The molecule has 13 heteroatoms. The molecule has 6 amide bonds. The summed E-state index contributed by atoms with van der Waals surface area (Å²) in [6.45, 7) is 13.0. The van der Waals surface area contributed by atoms with Gasteiger partial charge in [0, 0.05) is 38.8 Å². The van der Waals surface area contributed by atoms with E-state index in [9.17, 15) is 33.6 Å². The minimum absolute atomic E-state index is 0.0861.